The second-order valence-electron chi connectivity index (χ2n) is 6.15. The Bertz CT molecular complexity index is 561. The monoisotopic (exact) mass is 287 g/mol. The normalized spacial score (nSPS) is 21.5. The summed E-state index contributed by atoms with van der Waals surface area (Å²) in [5, 5.41) is 5.74. The molecule has 1 heterocycles. The molecule has 1 aromatic carbocycles. The third-order valence-corrected chi connectivity index (χ3v) is 3.96. The van der Waals surface area contributed by atoms with Gasteiger partial charge in [0.15, 0.2) is 0 Å². The number of anilines is 1. The first-order valence-corrected chi connectivity index (χ1v) is 7.46. The van der Waals surface area contributed by atoms with Crippen LogP contribution in [-0.4, -0.2) is 35.5 Å². The highest BCUT2D eigenvalue weighted by Gasteiger charge is 2.39. The van der Waals surface area contributed by atoms with Crippen LogP contribution in [0.5, 0.6) is 0 Å². The van der Waals surface area contributed by atoms with Crippen molar-refractivity contribution in [3.63, 3.8) is 0 Å². The van der Waals surface area contributed by atoms with Gasteiger partial charge in [-0.2, -0.15) is 0 Å². The van der Waals surface area contributed by atoms with Crippen LogP contribution in [0.4, 0.5) is 10.5 Å². The summed E-state index contributed by atoms with van der Waals surface area (Å²) in [5.74, 6) is 0.161. The number of nitrogens with one attached hydrogen (secondary N) is 2. The molecule has 21 heavy (non-hydrogen) atoms. The molecule has 0 bridgehead atoms. The molecule has 0 spiro atoms. The number of hydrogen-bond acceptors (Lipinski definition) is 2. The van der Waals surface area contributed by atoms with E-state index in [0.29, 0.717) is 19.0 Å². The Labute approximate surface area is 124 Å². The van der Waals surface area contributed by atoms with Gasteiger partial charge in [0, 0.05) is 24.7 Å². The molecule has 0 aromatic heterocycles. The molecule has 0 unspecified atom stereocenters. The minimum atomic E-state index is -0.240. The smallest absolute Gasteiger partial charge is 0.319 e. The van der Waals surface area contributed by atoms with E-state index in [0.717, 1.165) is 29.7 Å². The van der Waals surface area contributed by atoms with E-state index in [1.807, 2.05) is 30.9 Å². The average molecular weight is 287 g/mol. The number of rotatable bonds is 3. The number of likely N-dealkylation sites (tertiary alicyclic amines) is 1. The van der Waals surface area contributed by atoms with Gasteiger partial charge in [-0.25, -0.2) is 4.79 Å². The SMILES string of the molecule is Cc1cc(C)cc(NC(=O)N[C@@H]2CC(=O)N(C3CC3)C2)c1. The van der Waals surface area contributed by atoms with Crippen LogP contribution in [0.3, 0.4) is 0 Å². The molecule has 5 heteroatoms. The van der Waals surface area contributed by atoms with Crippen molar-refractivity contribution in [1.29, 1.82) is 0 Å². The molecule has 112 valence electrons. The van der Waals surface area contributed by atoms with Crippen LogP contribution in [0, 0.1) is 13.8 Å². The van der Waals surface area contributed by atoms with E-state index in [2.05, 4.69) is 16.7 Å². The number of hydrogen-bond donors (Lipinski definition) is 2. The van der Waals surface area contributed by atoms with Gasteiger partial charge in [0.25, 0.3) is 0 Å². The van der Waals surface area contributed by atoms with Gasteiger partial charge in [-0.1, -0.05) is 6.07 Å². The summed E-state index contributed by atoms with van der Waals surface area (Å²) in [6, 6.07) is 6.03. The van der Waals surface area contributed by atoms with Gasteiger partial charge in [-0.15, -0.1) is 0 Å². The minimum Gasteiger partial charge on any atom is -0.338 e. The van der Waals surface area contributed by atoms with Crippen LogP contribution >= 0.6 is 0 Å². The molecule has 1 atom stereocenters. The number of aryl methyl sites for hydroxylation is 2. The summed E-state index contributed by atoms with van der Waals surface area (Å²) in [7, 11) is 0. The Morgan fingerprint density at radius 3 is 2.48 bits per heavy atom. The van der Waals surface area contributed by atoms with Crippen LogP contribution in [-0.2, 0) is 4.79 Å². The van der Waals surface area contributed by atoms with Gasteiger partial charge >= 0.3 is 6.03 Å². The van der Waals surface area contributed by atoms with E-state index in [1.54, 1.807) is 0 Å². The van der Waals surface area contributed by atoms with Crippen molar-refractivity contribution in [3.8, 4) is 0 Å². The molecule has 3 amide bonds. The molecule has 5 nitrogen and oxygen atoms in total. The Balaban J connectivity index is 1.55. The van der Waals surface area contributed by atoms with Crippen molar-refractivity contribution in [1.82, 2.24) is 10.2 Å². The largest absolute Gasteiger partial charge is 0.338 e. The highest BCUT2D eigenvalue weighted by atomic mass is 16.2. The van der Waals surface area contributed by atoms with Crippen molar-refractivity contribution >= 4 is 17.6 Å². The highest BCUT2D eigenvalue weighted by Crippen LogP contribution is 2.30. The molecule has 1 saturated carbocycles. The number of carbonyl (C=O) groups is 2. The van der Waals surface area contributed by atoms with Crippen molar-refractivity contribution < 1.29 is 9.59 Å². The fourth-order valence-corrected chi connectivity index (χ4v) is 2.97. The maximum atomic E-state index is 12.0. The maximum absolute atomic E-state index is 12.0. The molecule has 1 aliphatic carbocycles. The van der Waals surface area contributed by atoms with E-state index in [1.165, 1.54) is 0 Å². The Morgan fingerprint density at radius 1 is 1.19 bits per heavy atom. The van der Waals surface area contributed by atoms with Gasteiger partial charge in [0.1, 0.15) is 0 Å². The topological polar surface area (TPSA) is 61.4 Å². The zero-order valence-corrected chi connectivity index (χ0v) is 12.5. The standard InChI is InChI=1S/C16H21N3O2/c1-10-5-11(2)7-12(6-10)17-16(21)18-13-8-15(20)19(9-13)14-3-4-14/h5-7,13-14H,3-4,8-9H2,1-2H3,(H2,17,18,21)/t13-/m1/s1. The lowest BCUT2D eigenvalue weighted by molar-refractivity contribution is -0.128. The molecular weight excluding hydrogens is 266 g/mol. The summed E-state index contributed by atoms with van der Waals surface area (Å²) in [5.41, 5.74) is 3.01. The van der Waals surface area contributed by atoms with E-state index in [-0.39, 0.29) is 18.0 Å². The van der Waals surface area contributed by atoms with Gasteiger partial charge in [0.2, 0.25) is 5.91 Å². The lowest BCUT2D eigenvalue weighted by Gasteiger charge is -2.16. The van der Waals surface area contributed by atoms with Crippen LogP contribution in [0.1, 0.15) is 30.4 Å². The molecule has 1 aliphatic heterocycles. The van der Waals surface area contributed by atoms with E-state index in [4.69, 9.17) is 0 Å². The molecule has 2 N–H and O–H groups in total. The molecule has 0 radical (unpaired) electrons. The first kappa shape index (κ1) is 13.9. The lowest BCUT2D eigenvalue weighted by Crippen LogP contribution is -2.40. The fraction of sp³-hybridized carbons (Fsp3) is 0.500. The quantitative estimate of drug-likeness (QED) is 0.895. The number of carbonyl (C=O) groups excluding carboxylic acids is 2. The van der Waals surface area contributed by atoms with Gasteiger partial charge in [-0.05, 0) is 49.9 Å². The van der Waals surface area contributed by atoms with Gasteiger partial charge in [0.05, 0.1) is 6.04 Å². The summed E-state index contributed by atoms with van der Waals surface area (Å²) >= 11 is 0. The Hall–Kier alpha value is -2.04. The third kappa shape index (κ3) is 3.35. The first-order valence-electron chi connectivity index (χ1n) is 7.46. The Kier molecular flexibility index (Phi) is 3.57. The van der Waals surface area contributed by atoms with Gasteiger partial charge in [-0.3, -0.25) is 4.79 Å². The number of amides is 3. The average Bonchev–Trinajstić information content (AvgIpc) is 3.13. The predicted octanol–water partition coefficient (Wildman–Crippen LogP) is 2.19. The minimum absolute atomic E-state index is 0.0796. The zero-order chi connectivity index (χ0) is 15.0. The van der Waals surface area contributed by atoms with Crippen LogP contribution in [0.25, 0.3) is 0 Å². The molecular formula is C16H21N3O2. The number of benzene rings is 1. The molecule has 1 aromatic rings. The Morgan fingerprint density at radius 2 is 1.86 bits per heavy atom. The van der Waals surface area contributed by atoms with Crippen LogP contribution < -0.4 is 10.6 Å². The maximum Gasteiger partial charge on any atom is 0.319 e. The van der Waals surface area contributed by atoms with Gasteiger partial charge < -0.3 is 15.5 Å². The molecule has 2 fully saturated rings. The van der Waals surface area contributed by atoms with Crippen molar-refractivity contribution in [2.75, 3.05) is 11.9 Å². The summed E-state index contributed by atoms with van der Waals surface area (Å²) in [6.45, 7) is 4.64. The highest BCUT2D eigenvalue weighted by molar-refractivity contribution is 5.90. The van der Waals surface area contributed by atoms with Crippen molar-refractivity contribution in [3.05, 3.63) is 29.3 Å². The summed E-state index contributed by atoms with van der Waals surface area (Å²) in [4.78, 5) is 25.8. The van der Waals surface area contributed by atoms with E-state index < -0.39 is 0 Å². The summed E-state index contributed by atoms with van der Waals surface area (Å²) in [6.07, 6.45) is 2.62. The van der Waals surface area contributed by atoms with Crippen molar-refractivity contribution in [2.45, 2.75) is 45.2 Å². The fourth-order valence-electron chi connectivity index (χ4n) is 2.97. The van der Waals surface area contributed by atoms with E-state index in [9.17, 15) is 9.59 Å². The second kappa shape index (κ2) is 5.39. The van der Waals surface area contributed by atoms with Crippen LogP contribution in [0.15, 0.2) is 18.2 Å². The third-order valence-electron chi connectivity index (χ3n) is 3.96. The zero-order valence-electron chi connectivity index (χ0n) is 12.5. The van der Waals surface area contributed by atoms with Crippen molar-refractivity contribution in [2.24, 2.45) is 0 Å². The molecule has 2 aliphatic rings. The number of urea groups is 1. The second-order valence-corrected chi connectivity index (χ2v) is 6.15. The van der Waals surface area contributed by atoms with Crippen LogP contribution in [0.2, 0.25) is 0 Å². The number of nitrogens with zero attached hydrogens (tertiary/aromatic N) is 1. The predicted molar refractivity (Wildman–Crippen MR) is 81.2 cm³/mol. The molecule has 3 rings (SSSR count). The first-order chi connectivity index (χ1) is 10.0. The summed E-state index contributed by atoms with van der Waals surface area (Å²) < 4.78 is 0. The van der Waals surface area contributed by atoms with E-state index >= 15 is 0 Å². The molecule has 1 saturated heterocycles. The lowest BCUT2D eigenvalue weighted by atomic mass is 10.1.